The number of amides is 1. The van der Waals surface area contributed by atoms with Crippen molar-refractivity contribution in [2.45, 2.75) is 26.7 Å². The standard InChI is InChI=1S/C17H18ClN3OS/c1-3-4-9-19-16(22)15-10-14-11(2)20-21(17(14)23-15)13-7-5-12(18)6-8-13/h5-8,10H,3-4,9H2,1-2H3,(H,19,22). The van der Waals surface area contributed by atoms with Crippen molar-refractivity contribution in [1.29, 1.82) is 0 Å². The molecule has 2 heterocycles. The summed E-state index contributed by atoms with van der Waals surface area (Å²) < 4.78 is 1.87. The fourth-order valence-electron chi connectivity index (χ4n) is 2.38. The molecule has 1 amide bonds. The van der Waals surface area contributed by atoms with E-state index < -0.39 is 0 Å². The number of carbonyl (C=O) groups is 1. The molecule has 0 atom stereocenters. The van der Waals surface area contributed by atoms with Crippen LogP contribution in [0.2, 0.25) is 5.02 Å². The Kier molecular flexibility index (Phi) is 4.68. The van der Waals surface area contributed by atoms with E-state index in [1.54, 1.807) is 0 Å². The van der Waals surface area contributed by atoms with Gasteiger partial charge in [0.1, 0.15) is 4.83 Å². The van der Waals surface area contributed by atoms with E-state index in [-0.39, 0.29) is 5.91 Å². The highest BCUT2D eigenvalue weighted by Gasteiger charge is 2.16. The fraction of sp³-hybridized carbons (Fsp3) is 0.294. The van der Waals surface area contributed by atoms with Gasteiger partial charge in [-0.05, 0) is 43.7 Å². The molecule has 0 aliphatic heterocycles. The van der Waals surface area contributed by atoms with E-state index in [0.717, 1.165) is 39.3 Å². The molecule has 0 bridgehead atoms. The quantitative estimate of drug-likeness (QED) is 0.687. The van der Waals surface area contributed by atoms with Crippen molar-refractivity contribution < 1.29 is 4.79 Å². The van der Waals surface area contributed by atoms with Crippen LogP contribution >= 0.6 is 22.9 Å². The number of rotatable bonds is 5. The Balaban J connectivity index is 1.95. The number of hydrogen-bond donors (Lipinski definition) is 1. The molecular formula is C17H18ClN3OS. The molecule has 0 aliphatic rings. The van der Waals surface area contributed by atoms with Crippen LogP contribution in [0.25, 0.3) is 15.9 Å². The Morgan fingerprint density at radius 2 is 2.09 bits per heavy atom. The van der Waals surface area contributed by atoms with Crippen LogP contribution in [0.3, 0.4) is 0 Å². The van der Waals surface area contributed by atoms with Gasteiger partial charge in [0.2, 0.25) is 0 Å². The summed E-state index contributed by atoms with van der Waals surface area (Å²) in [7, 11) is 0. The first-order chi connectivity index (χ1) is 11.1. The van der Waals surface area contributed by atoms with Gasteiger partial charge in [0.05, 0.1) is 16.3 Å². The Morgan fingerprint density at radius 1 is 1.35 bits per heavy atom. The molecule has 6 heteroatoms. The average Bonchev–Trinajstić information content (AvgIpc) is 3.10. The van der Waals surface area contributed by atoms with Crippen LogP contribution in [0.5, 0.6) is 0 Å². The van der Waals surface area contributed by atoms with Crippen molar-refractivity contribution in [2.75, 3.05) is 6.54 Å². The van der Waals surface area contributed by atoms with Crippen LogP contribution < -0.4 is 5.32 Å². The van der Waals surface area contributed by atoms with Crippen LogP contribution in [0.1, 0.15) is 35.1 Å². The summed E-state index contributed by atoms with van der Waals surface area (Å²) in [5.74, 6) is -0.0123. The number of unbranched alkanes of at least 4 members (excludes halogenated alkanes) is 1. The van der Waals surface area contributed by atoms with Crippen molar-refractivity contribution in [3.8, 4) is 5.69 Å². The van der Waals surface area contributed by atoms with Gasteiger partial charge in [-0.2, -0.15) is 5.10 Å². The lowest BCUT2D eigenvalue weighted by atomic mass is 10.3. The van der Waals surface area contributed by atoms with Crippen LogP contribution in [0, 0.1) is 6.92 Å². The number of aromatic nitrogens is 2. The zero-order chi connectivity index (χ0) is 16.4. The molecule has 120 valence electrons. The van der Waals surface area contributed by atoms with Gasteiger partial charge in [0.25, 0.3) is 5.91 Å². The minimum absolute atomic E-state index is 0.0123. The second-order valence-corrected chi connectivity index (χ2v) is 6.88. The van der Waals surface area contributed by atoms with Gasteiger partial charge >= 0.3 is 0 Å². The summed E-state index contributed by atoms with van der Waals surface area (Å²) in [6, 6.07) is 9.46. The van der Waals surface area contributed by atoms with Crippen molar-refractivity contribution in [3.05, 3.63) is 45.9 Å². The number of nitrogens with zero attached hydrogens (tertiary/aromatic N) is 2. The van der Waals surface area contributed by atoms with Crippen molar-refractivity contribution in [1.82, 2.24) is 15.1 Å². The molecule has 0 saturated carbocycles. The van der Waals surface area contributed by atoms with E-state index in [2.05, 4.69) is 17.3 Å². The number of hydrogen-bond acceptors (Lipinski definition) is 3. The number of aryl methyl sites for hydroxylation is 1. The third-order valence-corrected chi connectivity index (χ3v) is 5.02. The first-order valence-corrected chi connectivity index (χ1v) is 8.83. The van der Waals surface area contributed by atoms with Crippen LogP contribution in [0.4, 0.5) is 0 Å². The fourth-order valence-corrected chi connectivity index (χ4v) is 3.61. The number of benzene rings is 1. The number of fused-ring (bicyclic) bond motifs is 1. The molecule has 0 aliphatic carbocycles. The second kappa shape index (κ2) is 6.72. The first kappa shape index (κ1) is 16.0. The monoisotopic (exact) mass is 347 g/mol. The average molecular weight is 348 g/mol. The zero-order valence-corrected chi connectivity index (χ0v) is 14.7. The van der Waals surface area contributed by atoms with Crippen molar-refractivity contribution in [3.63, 3.8) is 0 Å². The summed E-state index contributed by atoms with van der Waals surface area (Å²) >= 11 is 7.41. The maximum Gasteiger partial charge on any atom is 0.261 e. The highest BCUT2D eigenvalue weighted by Crippen LogP contribution is 2.30. The number of nitrogens with one attached hydrogen (secondary N) is 1. The first-order valence-electron chi connectivity index (χ1n) is 7.63. The van der Waals surface area contributed by atoms with Crippen molar-refractivity contribution >= 4 is 39.1 Å². The van der Waals surface area contributed by atoms with Gasteiger partial charge in [-0.25, -0.2) is 4.68 Å². The lowest BCUT2D eigenvalue weighted by molar-refractivity contribution is 0.0957. The minimum Gasteiger partial charge on any atom is -0.351 e. The predicted molar refractivity (Wildman–Crippen MR) is 95.9 cm³/mol. The normalized spacial score (nSPS) is 11.1. The Bertz CT molecular complexity index is 836. The number of halogens is 1. The highest BCUT2D eigenvalue weighted by molar-refractivity contribution is 7.20. The largest absolute Gasteiger partial charge is 0.351 e. The molecule has 4 nitrogen and oxygen atoms in total. The molecular weight excluding hydrogens is 330 g/mol. The van der Waals surface area contributed by atoms with E-state index in [1.165, 1.54) is 11.3 Å². The minimum atomic E-state index is -0.0123. The van der Waals surface area contributed by atoms with Gasteiger partial charge in [-0.3, -0.25) is 4.79 Å². The number of carbonyl (C=O) groups excluding carboxylic acids is 1. The zero-order valence-electron chi connectivity index (χ0n) is 13.1. The summed E-state index contributed by atoms with van der Waals surface area (Å²) in [6.07, 6.45) is 2.06. The number of thiophene rings is 1. The lowest BCUT2D eigenvalue weighted by Crippen LogP contribution is -2.23. The molecule has 0 unspecified atom stereocenters. The third-order valence-electron chi connectivity index (χ3n) is 3.66. The lowest BCUT2D eigenvalue weighted by Gasteiger charge is -2.03. The maximum atomic E-state index is 12.2. The molecule has 0 radical (unpaired) electrons. The van der Waals surface area contributed by atoms with Gasteiger partial charge in [0, 0.05) is 17.0 Å². The summed E-state index contributed by atoms with van der Waals surface area (Å²) in [6.45, 7) is 4.78. The molecule has 0 spiro atoms. The Morgan fingerprint density at radius 3 is 2.78 bits per heavy atom. The Labute approximate surface area is 144 Å². The van der Waals surface area contributed by atoms with E-state index in [4.69, 9.17) is 11.6 Å². The van der Waals surface area contributed by atoms with Gasteiger partial charge < -0.3 is 5.32 Å². The molecule has 1 aromatic carbocycles. The van der Waals surface area contributed by atoms with Crippen LogP contribution in [-0.2, 0) is 0 Å². The van der Waals surface area contributed by atoms with E-state index >= 15 is 0 Å². The third kappa shape index (κ3) is 3.26. The second-order valence-electron chi connectivity index (χ2n) is 5.41. The van der Waals surface area contributed by atoms with Gasteiger partial charge in [-0.15, -0.1) is 11.3 Å². The maximum absolute atomic E-state index is 12.2. The van der Waals surface area contributed by atoms with Crippen LogP contribution in [-0.4, -0.2) is 22.2 Å². The van der Waals surface area contributed by atoms with Gasteiger partial charge in [-0.1, -0.05) is 24.9 Å². The van der Waals surface area contributed by atoms with Gasteiger partial charge in [0.15, 0.2) is 0 Å². The molecule has 0 saturated heterocycles. The van der Waals surface area contributed by atoms with E-state index in [0.29, 0.717) is 11.6 Å². The summed E-state index contributed by atoms with van der Waals surface area (Å²) in [5, 5.41) is 9.25. The van der Waals surface area contributed by atoms with Crippen molar-refractivity contribution in [2.24, 2.45) is 0 Å². The Hall–Kier alpha value is -1.85. The topological polar surface area (TPSA) is 46.9 Å². The molecule has 2 aromatic heterocycles. The molecule has 3 rings (SSSR count). The molecule has 23 heavy (non-hydrogen) atoms. The van der Waals surface area contributed by atoms with E-state index in [1.807, 2.05) is 41.9 Å². The molecule has 3 aromatic rings. The molecule has 0 fully saturated rings. The highest BCUT2D eigenvalue weighted by atomic mass is 35.5. The SMILES string of the molecule is CCCCNC(=O)c1cc2c(C)nn(-c3ccc(Cl)cc3)c2s1. The predicted octanol–water partition coefficient (Wildman–Crippen LogP) is 4.58. The summed E-state index contributed by atoms with van der Waals surface area (Å²) in [4.78, 5) is 13.9. The summed E-state index contributed by atoms with van der Waals surface area (Å²) in [5.41, 5.74) is 1.85. The smallest absolute Gasteiger partial charge is 0.261 e. The van der Waals surface area contributed by atoms with E-state index in [9.17, 15) is 4.79 Å². The molecule has 1 N–H and O–H groups in total. The van der Waals surface area contributed by atoms with Crippen LogP contribution in [0.15, 0.2) is 30.3 Å².